The molecule has 1 aliphatic rings. The molecule has 11 heteroatoms. The van der Waals surface area contributed by atoms with E-state index in [-0.39, 0.29) is 29.4 Å². The van der Waals surface area contributed by atoms with Crippen LogP contribution in [0.4, 0.5) is 0 Å². The van der Waals surface area contributed by atoms with Gasteiger partial charge in [-0.15, -0.1) is 0 Å². The molecule has 4 atom stereocenters. The largest absolute Gasteiger partial charge is 0.460 e. The van der Waals surface area contributed by atoms with Crippen molar-refractivity contribution in [2.24, 2.45) is 7.05 Å². The number of aromatic nitrogens is 4. The van der Waals surface area contributed by atoms with Crippen LogP contribution in [-0.4, -0.2) is 52.9 Å². The maximum atomic E-state index is 12.5. The summed E-state index contributed by atoms with van der Waals surface area (Å²) >= 11 is 0. The van der Waals surface area contributed by atoms with Crippen molar-refractivity contribution in [2.75, 3.05) is 0 Å². The Bertz CT molecular complexity index is 1120. The molecule has 4 rings (SSSR count). The number of nitrogens with zero attached hydrogens (tertiary/aromatic N) is 3. The molecule has 3 aromatic rings. The van der Waals surface area contributed by atoms with E-state index in [1.165, 1.54) is 11.6 Å². The summed E-state index contributed by atoms with van der Waals surface area (Å²) < 4.78 is 13.3. The molecule has 0 spiro atoms. The number of rotatable bonds is 4. The fourth-order valence-electron chi connectivity index (χ4n) is 3.05. The lowest BCUT2D eigenvalue weighted by molar-refractivity contribution is -0.142. The van der Waals surface area contributed by atoms with Gasteiger partial charge in [-0.05, 0) is 5.56 Å². The Hall–Kier alpha value is -2.99. The van der Waals surface area contributed by atoms with E-state index in [1.807, 2.05) is 30.3 Å². The lowest BCUT2D eigenvalue weighted by Gasteiger charge is -2.19. The number of fused-ring (bicyclic) bond motifs is 1. The van der Waals surface area contributed by atoms with Crippen LogP contribution >= 0.6 is 0 Å². The topological polar surface area (TPSA) is 159 Å². The maximum Gasteiger partial charge on any atom is 0.301 e. The molecule has 11 nitrogen and oxygen atoms in total. The van der Waals surface area contributed by atoms with Gasteiger partial charge in [0.15, 0.2) is 23.7 Å². The Morgan fingerprint density at radius 2 is 1.96 bits per heavy atom. The van der Waals surface area contributed by atoms with Gasteiger partial charge in [0.25, 0.3) is 5.56 Å². The second-order valence-corrected chi connectivity index (χ2v) is 6.47. The standard InChI is InChI=1S/C17H19N5O6/c1-21-13(25)9-12(20-16(21)18)22(14-10(23)11(24)15(26)28-14)17(19-9)27-7-8-5-3-2-4-6-8/h2-6,10-11,14-15,23-24,26H,7H2,1H3,(H2,18,20). The van der Waals surface area contributed by atoms with Crippen molar-refractivity contribution in [2.45, 2.75) is 31.3 Å². The van der Waals surface area contributed by atoms with Gasteiger partial charge in [0.05, 0.1) is 0 Å². The molecule has 5 N–H and O–H groups in total. The van der Waals surface area contributed by atoms with E-state index < -0.39 is 30.3 Å². The van der Waals surface area contributed by atoms with Crippen molar-refractivity contribution in [3.8, 4) is 6.01 Å². The SMILES string of the molecule is Cn1c(=N)[nH]c2c(nc(OCc3ccccc3)n2C2OC(O)C(O)C2O)c1=O. The molecular weight excluding hydrogens is 370 g/mol. The summed E-state index contributed by atoms with van der Waals surface area (Å²) in [5.74, 6) is 0. The minimum atomic E-state index is -1.62. The second-order valence-electron chi connectivity index (χ2n) is 6.47. The highest BCUT2D eigenvalue weighted by molar-refractivity contribution is 5.71. The third-order valence-electron chi connectivity index (χ3n) is 4.64. The lowest BCUT2D eigenvalue weighted by atomic mass is 10.2. The second kappa shape index (κ2) is 6.87. The van der Waals surface area contributed by atoms with Gasteiger partial charge in [-0.1, -0.05) is 30.3 Å². The zero-order valence-corrected chi connectivity index (χ0v) is 14.8. The monoisotopic (exact) mass is 389 g/mol. The minimum Gasteiger partial charge on any atom is -0.460 e. The number of hydrogen-bond donors (Lipinski definition) is 5. The Kier molecular flexibility index (Phi) is 4.51. The maximum absolute atomic E-state index is 12.5. The predicted molar refractivity (Wildman–Crippen MR) is 94.1 cm³/mol. The molecule has 0 radical (unpaired) electrons. The van der Waals surface area contributed by atoms with Crippen LogP contribution in [0.3, 0.4) is 0 Å². The summed E-state index contributed by atoms with van der Waals surface area (Å²) in [6.07, 6.45) is -5.95. The van der Waals surface area contributed by atoms with Crippen molar-refractivity contribution in [3.63, 3.8) is 0 Å². The molecule has 0 amide bonds. The molecule has 2 aromatic heterocycles. The molecule has 1 fully saturated rings. The van der Waals surface area contributed by atoms with Gasteiger partial charge in [-0.3, -0.25) is 14.8 Å². The molecule has 148 valence electrons. The average Bonchev–Trinajstić information content (AvgIpc) is 3.17. The van der Waals surface area contributed by atoms with E-state index >= 15 is 0 Å². The first kappa shape index (κ1) is 18.4. The average molecular weight is 389 g/mol. The van der Waals surface area contributed by atoms with E-state index in [1.54, 1.807) is 0 Å². The summed E-state index contributed by atoms with van der Waals surface area (Å²) in [4.78, 5) is 19.4. The third kappa shape index (κ3) is 2.90. The van der Waals surface area contributed by atoms with Gasteiger partial charge in [-0.25, -0.2) is 4.57 Å². The summed E-state index contributed by atoms with van der Waals surface area (Å²) in [7, 11) is 1.42. The van der Waals surface area contributed by atoms with Crippen LogP contribution in [0.2, 0.25) is 0 Å². The van der Waals surface area contributed by atoms with E-state index in [0.29, 0.717) is 0 Å². The Labute approximate surface area is 157 Å². The van der Waals surface area contributed by atoms with E-state index in [9.17, 15) is 20.1 Å². The van der Waals surface area contributed by atoms with Gasteiger partial charge < -0.3 is 29.8 Å². The zero-order chi connectivity index (χ0) is 20.0. The highest BCUT2D eigenvalue weighted by Gasteiger charge is 2.45. The quantitative estimate of drug-likeness (QED) is 0.370. The van der Waals surface area contributed by atoms with Crippen LogP contribution < -0.4 is 15.9 Å². The van der Waals surface area contributed by atoms with Crippen LogP contribution in [0.15, 0.2) is 35.1 Å². The number of nitrogens with one attached hydrogen (secondary N) is 2. The molecule has 0 saturated carbocycles. The van der Waals surface area contributed by atoms with Crippen molar-refractivity contribution in [1.82, 2.24) is 19.1 Å². The highest BCUT2D eigenvalue weighted by atomic mass is 16.7. The molecule has 1 aromatic carbocycles. The van der Waals surface area contributed by atoms with E-state index in [0.717, 1.165) is 10.1 Å². The van der Waals surface area contributed by atoms with Crippen LogP contribution in [0.1, 0.15) is 11.8 Å². The zero-order valence-electron chi connectivity index (χ0n) is 14.8. The Morgan fingerprint density at radius 3 is 2.61 bits per heavy atom. The lowest BCUT2D eigenvalue weighted by Crippen LogP contribution is -2.34. The first-order chi connectivity index (χ1) is 13.4. The Morgan fingerprint density at radius 1 is 1.25 bits per heavy atom. The smallest absolute Gasteiger partial charge is 0.301 e. The van der Waals surface area contributed by atoms with Gasteiger partial charge in [0, 0.05) is 7.05 Å². The highest BCUT2D eigenvalue weighted by Crippen LogP contribution is 2.33. The number of aliphatic hydroxyl groups is 3. The number of benzene rings is 1. The van der Waals surface area contributed by atoms with Gasteiger partial charge in [-0.2, -0.15) is 4.98 Å². The summed E-state index contributed by atoms with van der Waals surface area (Å²) in [5, 5.41) is 37.8. The molecule has 0 bridgehead atoms. The number of ether oxygens (including phenoxy) is 2. The number of aliphatic hydroxyl groups excluding tert-OH is 3. The van der Waals surface area contributed by atoms with Crippen molar-refractivity contribution in [1.29, 1.82) is 5.41 Å². The Balaban J connectivity index is 1.84. The minimum absolute atomic E-state index is 0.0340. The summed E-state index contributed by atoms with van der Waals surface area (Å²) in [5.41, 5.74) is 0.124. The predicted octanol–water partition coefficient (Wildman–Crippen LogP) is -1.31. The third-order valence-corrected chi connectivity index (χ3v) is 4.64. The van der Waals surface area contributed by atoms with E-state index in [2.05, 4.69) is 9.97 Å². The molecular formula is C17H19N5O6. The first-order valence-corrected chi connectivity index (χ1v) is 8.50. The first-order valence-electron chi connectivity index (χ1n) is 8.50. The molecule has 4 unspecified atom stereocenters. The van der Waals surface area contributed by atoms with Crippen LogP contribution in [0.25, 0.3) is 11.2 Å². The molecule has 0 aliphatic carbocycles. The van der Waals surface area contributed by atoms with Crippen molar-refractivity contribution in [3.05, 3.63) is 51.9 Å². The molecule has 1 aliphatic heterocycles. The summed E-state index contributed by atoms with van der Waals surface area (Å²) in [6.45, 7) is 0.117. The number of hydrogen-bond acceptors (Lipinski definition) is 8. The van der Waals surface area contributed by atoms with Crippen LogP contribution in [0.5, 0.6) is 6.01 Å². The van der Waals surface area contributed by atoms with Crippen LogP contribution in [-0.2, 0) is 18.4 Å². The fourth-order valence-corrected chi connectivity index (χ4v) is 3.05. The molecule has 28 heavy (non-hydrogen) atoms. The van der Waals surface area contributed by atoms with Crippen molar-refractivity contribution < 1.29 is 24.8 Å². The van der Waals surface area contributed by atoms with Gasteiger partial charge in [0.2, 0.25) is 5.62 Å². The molecule has 1 saturated heterocycles. The van der Waals surface area contributed by atoms with Gasteiger partial charge >= 0.3 is 6.01 Å². The van der Waals surface area contributed by atoms with Crippen LogP contribution in [0, 0.1) is 5.41 Å². The van der Waals surface area contributed by atoms with Crippen molar-refractivity contribution >= 4 is 11.2 Å². The summed E-state index contributed by atoms with van der Waals surface area (Å²) in [6, 6.07) is 9.16. The van der Waals surface area contributed by atoms with E-state index in [4.69, 9.17) is 14.9 Å². The molecule has 3 heterocycles. The fraction of sp³-hybridized carbons (Fsp3) is 0.353. The number of aromatic amines is 1. The number of imidazole rings is 1. The number of H-pyrrole nitrogens is 1. The van der Waals surface area contributed by atoms with Gasteiger partial charge in [0.1, 0.15) is 18.8 Å². The normalized spacial score (nSPS) is 24.7.